The number of carbonyl (C=O) groups is 2. The third kappa shape index (κ3) is 9.20. The van der Waals surface area contributed by atoms with Crippen molar-refractivity contribution in [2.75, 3.05) is 39.9 Å². The van der Waals surface area contributed by atoms with Gasteiger partial charge in [-0.3, -0.25) is 4.79 Å². The number of rotatable bonds is 13. The quantitative estimate of drug-likeness (QED) is 0.168. The first-order valence-electron chi connectivity index (χ1n) is 16.4. The number of fused-ring (bicyclic) bond motifs is 1. The summed E-state index contributed by atoms with van der Waals surface area (Å²) in [5.74, 6) is -1.13. The molecule has 0 radical (unpaired) electrons. The zero-order valence-electron chi connectivity index (χ0n) is 28.6. The lowest BCUT2D eigenvalue weighted by Crippen LogP contribution is -2.40. The maximum Gasteiger partial charge on any atom is 0.426 e. The number of hydrogen-bond acceptors (Lipinski definition) is 13. The van der Waals surface area contributed by atoms with E-state index in [1.165, 1.54) is 7.05 Å². The zero-order valence-corrected chi connectivity index (χ0v) is 31.8. The Kier molecular flexibility index (Phi) is 11.8. The lowest BCUT2D eigenvalue weighted by molar-refractivity contribution is 0.0303. The molecule has 1 aliphatic rings. The first kappa shape index (κ1) is 38.3. The molecule has 1 aliphatic heterocycles. The number of morpholine rings is 1. The molecule has 6 rings (SSSR count). The van der Waals surface area contributed by atoms with Gasteiger partial charge in [-0.1, -0.05) is 61.0 Å². The highest BCUT2D eigenvalue weighted by Crippen LogP contribution is 2.38. The van der Waals surface area contributed by atoms with E-state index in [2.05, 4.69) is 24.1 Å². The van der Waals surface area contributed by atoms with Crippen molar-refractivity contribution in [3.05, 3.63) is 99.7 Å². The van der Waals surface area contributed by atoms with Crippen molar-refractivity contribution in [2.45, 2.75) is 30.9 Å². The molecule has 0 bridgehead atoms. The molecule has 0 aliphatic carbocycles. The molecule has 280 valence electrons. The Morgan fingerprint density at radius 2 is 1.74 bits per heavy atom. The molecule has 0 saturated carbocycles. The van der Waals surface area contributed by atoms with E-state index in [0.717, 1.165) is 27.4 Å². The fourth-order valence-electron chi connectivity index (χ4n) is 5.55. The van der Waals surface area contributed by atoms with E-state index in [-0.39, 0.29) is 35.0 Å². The van der Waals surface area contributed by atoms with Crippen LogP contribution in [0.3, 0.4) is 0 Å². The van der Waals surface area contributed by atoms with Crippen molar-refractivity contribution in [3.8, 4) is 11.1 Å². The highest BCUT2D eigenvalue weighted by Gasteiger charge is 2.37. The van der Waals surface area contributed by atoms with Crippen LogP contribution in [-0.4, -0.2) is 93.7 Å². The summed E-state index contributed by atoms with van der Waals surface area (Å²) >= 11 is 7.72. The SMILES string of the molecule is CCCN(C)C(=O)OS(=O)(=O)NCc1nnc(C(c2nc3ccc(-c4ccc(C(=O)N5CCOCC5)c(Cl)c4)cc3s2)S(=O)(=O)Cc2ccccc2)o1. The summed E-state index contributed by atoms with van der Waals surface area (Å²) in [6.07, 6.45) is -0.480. The van der Waals surface area contributed by atoms with E-state index in [1.807, 2.05) is 19.1 Å². The lowest BCUT2D eigenvalue weighted by Gasteiger charge is -2.27. The van der Waals surface area contributed by atoms with Gasteiger partial charge in [0.05, 0.1) is 46.3 Å². The molecule has 1 fully saturated rings. The lowest BCUT2D eigenvalue weighted by atomic mass is 10.0. The van der Waals surface area contributed by atoms with Gasteiger partial charge in [0.1, 0.15) is 5.01 Å². The summed E-state index contributed by atoms with van der Waals surface area (Å²) in [4.78, 5) is 32.6. The van der Waals surface area contributed by atoms with Gasteiger partial charge >= 0.3 is 16.4 Å². The van der Waals surface area contributed by atoms with E-state index in [0.29, 0.717) is 59.1 Å². The minimum absolute atomic E-state index is 0.154. The molecule has 2 aromatic heterocycles. The summed E-state index contributed by atoms with van der Waals surface area (Å²) in [6, 6.07) is 19.2. The average Bonchev–Trinajstić information content (AvgIpc) is 3.77. The zero-order chi connectivity index (χ0) is 37.8. The number of hydrogen-bond donors (Lipinski definition) is 1. The van der Waals surface area contributed by atoms with E-state index in [1.54, 1.807) is 59.5 Å². The van der Waals surface area contributed by atoms with Gasteiger partial charge in [-0.15, -0.1) is 21.5 Å². The number of nitrogens with one attached hydrogen (secondary N) is 1. The number of amides is 2. The molecule has 0 spiro atoms. The number of sulfone groups is 1. The van der Waals surface area contributed by atoms with Crippen molar-refractivity contribution in [2.24, 2.45) is 0 Å². The Hall–Kier alpha value is -4.46. The molecule has 1 N–H and O–H groups in total. The summed E-state index contributed by atoms with van der Waals surface area (Å²) in [5, 5.41) is 6.81. The molecule has 5 aromatic rings. The average molecular weight is 803 g/mol. The fourth-order valence-corrected chi connectivity index (χ4v) is 9.64. The number of halogens is 1. The van der Waals surface area contributed by atoms with Crippen molar-refractivity contribution >= 4 is 65.3 Å². The van der Waals surface area contributed by atoms with Crippen molar-refractivity contribution < 1.29 is 39.8 Å². The molecule has 3 aromatic carbocycles. The van der Waals surface area contributed by atoms with Crippen LogP contribution in [0.2, 0.25) is 5.02 Å². The van der Waals surface area contributed by atoms with Crippen LogP contribution in [-0.2, 0) is 41.4 Å². The summed E-state index contributed by atoms with van der Waals surface area (Å²) < 4.78 is 71.3. The Balaban J connectivity index is 1.28. The van der Waals surface area contributed by atoms with E-state index in [9.17, 15) is 26.4 Å². The number of thiazole rings is 1. The molecule has 1 atom stereocenters. The highest BCUT2D eigenvalue weighted by molar-refractivity contribution is 7.91. The number of aromatic nitrogens is 3. The minimum Gasteiger partial charge on any atom is -0.422 e. The van der Waals surface area contributed by atoms with Crippen LogP contribution in [0.25, 0.3) is 21.3 Å². The number of benzene rings is 3. The van der Waals surface area contributed by atoms with Crippen molar-refractivity contribution in [3.63, 3.8) is 0 Å². The van der Waals surface area contributed by atoms with Gasteiger partial charge in [0, 0.05) is 26.7 Å². The summed E-state index contributed by atoms with van der Waals surface area (Å²) in [5.41, 5.74) is 2.93. The van der Waals surface area contributed by atoms with Gasteiger partial charge in [-0.25, -0.2) is 18.2 Å². The first-order valence-corrected chi connectivity index (χ1v) is 20.7. The van der Waals surface area contributed by atoms with Gasteiger partial charge in [-0.2, -0.15) is 13.1 Å². The van der Waals surface area contributed by atoms with Crippen molar-refractivity contribution in [1.82, 2.24) is 29.7 Å². The predicted octanol–water partition coefficient (Wildman–Crippen LogP) is 4.99. The maximum atomic E-state index is 14.1. The number of nitrogens with zero attached hydrogens (tertiary/aromatic N) is 5. The molecule has 2 amide bonds. The predicted molar refractivity (Wildman–Crippen MR) is 197 cm³/mol. The van der Waals surface area contributed by atoms with Crippen LogP contribution < -0.4 is 4.72 Å². The van der Waals surface area contributed by atoms with Crippen LogP contribution in [0.5, 0.6) is 0 Å². The van der Waals surface area contributed by atoms with Crippen LogP contribution in [0.15, 0.2) is 71.1 Å². The Labute approximate surface area is 315 Å². The van der Waals surface area contributed by atoms with Gasteiger partial charge in [-0.05, 0) is 47.4 Å². The molecule has 53 heavy (non-hydrogen) atoms. The van der Waals surface area contributed by atoms with E-state index >= 15 is 0 Å². The second-order valence-corrected chi connectivity index (χ2v) is 17.0. The standard InChI is InChI=1S/C34H35ClN6O9S3/c1-3-13-40(2)34(43)50-53(46,47)36-20-29-38-39-31(49-29)30(52(44,45)21-22-7-5-4-6-8-22)32-37-27-12-10-24(19-28(27)51-32)23-9-11-25(26(35)18-23)33(42)41-14-16-48-17-15-41/h4-12,18-19,30,36H,3,13-17,20-21H2,1-2H3. The second-order valence-electron chi connectivity index (χ2n) is 12.1. The van der Waals surface area contributed by atoms with Crippen LogP contribution >= 0.6 is 22.9 Å². The molecule has 19 heteroatoms. The smallest absolute Gasteiger partial charge is 0.422 e. The Morgan fingerprint density at radius 1 is 1.02 bits per heavy atom. The molecule has 15 nitrogen and oxygen atoms in total. The Morgan fingerprint density at radius 3 is 2.45 bits per heavy atom. The van der Waals surface area contributed by atoms with E-state index < -0.39 is 38.0 Å². The molecular weight excluding hydrogens is 768 g/mol. The van der Waals surface area contributed by atoms with E-state index in [4.69, 9.17) is 20.8 Å². The molecular formula is C34H35ClN6O9S3. The molecule has 1 saturated heterocycles. The first-order chi connectivity index (χ1) is 25.3. The summed E-state index contributed by atoms with van der Waals surface area (Å²) in [7, 11) is -7.27. The number of ether oxygens (including phenoxy) is 1. The van der Waals surface area contributed by atoms with Gasteiger partial charge in [0.2, 0.25) is 11.8 Å². The topological polar surface area (TPSA) is 191 Å². The molecule has 3 heterocycles. The van der Waals surface area contributed by atoms with Gasteiger partial charge in [0.25, 0.3) is 5.91 Å². The number of carbonyl (C=O) groups excluding carboxylic acids is 2. The van der Waals surface area contributed by atoms with Crippen LogP contribution in [0.1, 0.15) is 51.3 Å². The van der Waals surface area contributed by atoms with Crippen molar-refractivity contribution in [1.29, 1.82) is 0 Å². The third-order valence-electron chi connectivity index (χ3n) is 8.19. The maximum absolute atomic E-state index is 14.1. The largest absolute Gasteiger partial charge is 0.426 e. The van der Waals surface area contributed by atoms with Gasteiger partial charge in [0.15, 0.2) is 15.1 Å². The monoisotopic (exact) mass is 802 g/mol. The highest BCUT2D eigenvalue weighted by atomic mass is 35.5. The Bertz CT molecular complexity index is 2330. The normalized spacial score (nSPS) is 14.3. The second kappa shape index (κ2) is 16.3. The van der Waals surface area contributed by atoms with Crippen LogP contribution in [0.4, 0.5) is 4.79 Å². The minimum atomic E-state index is -4.56. The van der Waals surface area contributed by atoms with Gasteiger partial charge < -0.3 is 23.1 Å². The third-order valence-corrected chi connectivity index (χ3v) is 12.5. The molecule has 1 unspecified atom stereocenters. The van der Waals surface area contributed by atoms with Crippen LogP contribution in [0, 0.1) is 0 Å². The summed E-state index contributed by atoms with van der Waals surface area (Å²) in [6.45, 7) is 3.44. The fraction of sp³-hybridized carbons (Fsp3) is 0.324.